The molecule has 0 aromatic heterocycles. The molecular formula is C28H29FN2O7. The van der Waals surface area contributed by atoms with Crippen molar-refractivity contribution >= 4 is 23.2 Å². The van der Waals surface area contributed by atoms with E-state index in [-0.39, 0.29) is 35.5 Å². The Bertz CT molecular complexity index is 1430. The Kier molecular flexibility index (Phi) is 5.97. The summed E-state index contributed by atoms with van der Waals surface area (Å²) >= 11 is 0. The molecule has 0 bridgehead atoms. The first-order valence-corrected chi connectivity index (χ1v) is 12.3. The molecule has 6 N–H and O–H groups in total. The second kappa shape index (κ2) is 8.72. The van der Waals surface area contributed by atoms with Crippen LogP contribution in [0.25, 0.3) is 16.9 Å². The molecule has 0 spiro atoms. The van der Waals surface area contributed by atoms with Gasteiger partial charge in [-0.15, -0.1) is 0 Å². The molecule has 38 heavy (non-hydrogen) atoms. The number of primary amides is 1. The van der Waals surface area contributed by atoms with Crippen molar-refractivity contribution in [3.63, 3.8) is 0 Å². The fourth-order valence-electron chi connectivity index (χ4n) is 6.69. The van der Waals surface area contributed by atoms with Gasteiger partial charge < -0.3 is 31.1 Å². The number of rotatable bonds is 3. The number of phenols is 1. The van der Waals surface area contributed by atoms with Gasteiger partial charge in [0.1, 0.15) is 23.2 Å². The van der Waals surface area contributed by atoms with Crippen LogP contribution in [0.3, 0.4) is 0 Å². The van der Waals surface area contributed by atoms with Crippen LogP contribution in [0, 0.1) is 30.5 Å². The molecule has 10 heteroatoms. The van der Waals surface area contributed by atoms with Crippen molar-refractivity contribution < 1.29 is 39.2 Å². The lowest BCUT2D eigenvalue weighted by molar-refractivity contribution is -0.184. The molecule has 3 aliphatic rings. The number of carbonyl (C=O) groups excluding carboxylic acids is 3. The number of aromatic hydroxyl groups is 1. The van der Waals surface area contributed by atoms with Gasteiger partial charge in [-0.1, -0.05) is 12.1 Å². The highest BCUT2D eigenvalue weighted by atomic mass is 19.1. The minimum Gasteiger partial charge on any atom is -0.507 e. The minimum atomic E-state index is -2.70. The summed E-state index contributed by atoms with van der Waals surface area (Å²) < 4.78 is 14.0. The number of hydrogen-bond donors (Lipinski definition) is 5. The predicted octanol–water partition coefficient (Wildman–Crippen LogP) is 1.24. The van der Waals surface area contributed by atoms with Crippen molar-refractivity contribution in [1.29, 1.82) is 0 Å². The normalized spacial score (nSPS) is 30.7. The summed E-state index contributed by atoms with van der Waals surface area (Å²) in [5.41, 5.74) is 4.67. The lowest BCUT2D eigenvalue weighted by atomic mass is 9.54. The van der Waals surface area contributed by atoms with Gasteiger partial charge >= 0.3 is 0 Å². The van der Waals surface area contributed by atoms with Crippen LogP contribution in [0.5, 0.6) is 5.75 Å². The molecule has 9 nitrogen and oxygen atoms in total. The quantitative estimate of drug-likeness (QED) is 0.375. The van der Waals surface area contributed by atoms with Gasteiger partial charge in [0.15, 0.2) is 11.4 Å². The Morgan fingerprint density at radius 3 is 2.45 bits per heavy atom. The predicted molar refractivity (Wildman–Crippen MR) is 134 cm³/mol. The van der Waals surface area contributed by atoms with Crippen LogP contribution in [0.1, 0.15) is 23.1 Å². The number of likely N-dealkylation sites (N-methyl/N-ethyl adjacent to an activating group) is 1. The second-order valence-electron chi connectivity index (χ2n) is 10.7. The first-order valence-electron chi connectivity index (χ1n) is 12.3. The number of hydrogen-bond acceptors (Lipinski definition) is 8. The molecule has 1 amide bonds. The number of carbonyl (C=O) groups is 3. The average molecular weight is 525 g/mol. The first-order chi connectivity index (χ1) is 17.8. The van der Waals surface area contributed by atoms with Crippen molar-refractivity contribution in [2.75, 3.05) is 14.1 Å². The number of nitrogens with zero attached hydrogens (tertiary/aromatic N) is 1. The summed E-state index contributed by atoms with van der Waals surface area (Å²) in [4.78, 5) is 40.9. The molecule has 2 aromatic rings. The largest absolute Gasteiger partial charge is 0.507 e. The third kappa shape index (κ3) is 3.44. The zero-order valence-corrected chi connectivity index (χ0v) is 21.1. The van der Waals surface area contributed by atoms with Crippen LogP contribution < -0.4 is 5.73 Å². The van der Waals surface area contributed by atoms with E-state index in [1.165, 1.54) is 12.1 Å². The van der Waals surface area contributed by atoms with E-state index in [1.54, 1.807) is 44.1 Å². The molecular weight excluding hydrogens is 495 g/mol. The van der Waals surface area contributed by atoms with Gasteiger partial charge in [-0.3, -0.25) is 14.4 Å². The lowest BCUT2D eigenvalue weighted by Gasteiger charge is -2.53. The number of nitrogens with two attached hydrogens (primary N) is 1. The monoisotopic (exact) mass is 524 g/mol. The Balaban J connectivity index is 1.71. The maximum absolute atomic E-state index is 14.0. The molecule has 5 rings (SSSR count). The van der Waals surface area contributed by atoms with Crippen LogP contribution in [0.2, 0.25) is 0 Å². The third-order valence-electron chi connectivity index (χ3n) is 8.44. The van der Waals surface area contributed by atoms with Crippen LogP contribution in [-0.4, -0.2) is 74.6 Å². The Morgan fingerprint density at radius 1 is 1.16 bits per heavy atom. The van der Waals surface area contributed by atoms with Gasteiger partial charge in [0.25, 0.3) is 0 Å². The van der Waals surface area contributed by atoms with E-state index in [2.05, 4.69) is 0 Å². The average Bonchev–Trinajstić information content (AvgIpc) is 2.83. The van der Waals surface area contributed by atoms with E-state index in [0.717, 1.165) is 0 Å². The van der Waals surface area contributed by atoms with Gasteiger partial charge in [-0.25, -0.2) is 4.39 Å². The number of phenolic OH excluding ortho intramolecular Hbond substituents is 1. The number of Topliss-reactive ketones (excluding diaryl/α,β-unsaturated/α-hetero) is 2. The van der Waals surface area contributed by atoms with Gasteiger partial charge in [0.2, 0.25) is 11.7 Å². The molecule has 6 atom stereocenters. The summed E-state index contributed by atoms with van der Waals surface area (Å²) in [6, 6.07) is 6.58. The summed E-state index contributed by atoms with van der Waals surface area (Å²) in [5.74, 6) is -8.27. The van der Waals surface area contributed by atoms with Gasteiger partial charge in [0.05, 0.1) is 11.7 Å². The molecule has 0 aliphatic heterocycles. The number of benzene rings is 2. The number of ketones is 2. The van der Waals surface area contributed by atoms with E-state index in [4.69, 9.17) is 5.73 Å². The number of aliphatic hydroxyl groups excluding tert-OH is 2. The molecule has 2 saturated carbocycles. The van der Waals surface area contributed by atoms with Crippen molar-refractivity contribution in [3.05, 3.63) is 58.4 Å². The molecule has 0 heterocycles. The molecule has 2 unspecified atom stereocenters. The number of fused-ring (bicyclic) bond motifs is 3. The van der Waals surface area contributed by atoms with Crippen molar-refractivity contribution in [2.45, 2.75) is 37.5 Å². The molecule has 2 aromatic carbocycles. The number of aliphatic hydroxyl groups is 3. The third-order valence-corrected chi connectivity index (χ3v) is 8.44. The zero-order chi connectivity index (χ0) is 27.8. The molecule has 3 aliphatic carbocycles. The maximum Gasteiger partial charge on any atom is 0.230 e. The standard InChI is InChI=1S/C28H29FN2O7/c1-11-8-12(4-6-17(11)29)14-5-7-18(32)20-15(14)9-13-10-16-22(31(2)3)24(34)21(27(30)37)26(36)28(16,38)25(35)19(13)23(20)33/h4-8,13,16,21-22,24,32-34,38H,9-10H2,1-3H3,(H2,30,37)/t13-,16-,21?,22-,24?,28-/m1/s1. The van der Waals surface area contributed by atoms with E-state index >= 15 is 0 Å². The molecule has 0 saturated heterocycles. The molecule has 2 fully saturated rings. The number of amides is 1. The topological polar surface area (TPSA) is 161 Å². The smallest absolute Gasteiger partial charge is 0.230 e. The van der Waals surface area contributed by atoms with Gasteiger partial charge in [0, 0.05) is 17.5 Å². The Labute approximate surface area is 218 Å². The van der Waals surface area contributed by atoms with Gasteiger partial charge in [-0.05, 0) is 80.2 Å². The molecule has 0 radical (unpaired) electrons. The van der Waals surface area contributed by atoms with E-state index < -0.39 is 58.7 Å². The summed E-state index contributed by atoms with van der Waals surface area (Å²) in [7, 11) is 3.19. The maximum atomic E-state index is 14.0. The van der Waals surface area contributed by atoms with E-state index in [1.807, 2.05) is 0 Å². The van der Waals surface area contributed by atoms with Crippen molar-refractivity contribution in [3.8, 4) is 16.9 Å². The van der Waals surface area contributed by atoms with Crippen LogP contribution in [-0.2, 0) is 20.8 Å². The highest BCUT2D eigenvalue weighted by molar-refractivity contribution is 6.25. The number of halogens is 1. The summed E-state index contributed by atoms with van der Waals surface area (Å²) in [6.07, 6.45) is -1.36. The zero-order valence-electron chi connectivity index (χ0n) is 21.1. The van der Waals surface area contributed by atoms with Crippen molar-refractivity contribution in [2.24, 2.45) is 23.5 Å². The van der Waals surface area contributed by atoms with Crippen LogP contribution >= 0.6 is 0 Å². The SMILES string of the molecule is Cc1cc(-c2ccc(O)c3c2C[C@@H]2C[C@@H]4[C@@H](N(C)C)C(O)C(C(N)=O)C(=O)[C@]4(O)C(=O)C2=C3O)ccc1F. The minimum absolute atomic E-state index is 0.00923. The second-order valence-corrected chi connectivity index (χ2v) is 10.7. The summed E-state index contributed by atoms with van der Waals surface area (Å²) in [5, 5.41) is 44.6. The molecule has 200 valence electrons. The van der Waals surface area contributed by atoms with Crippen LogP contribution in [0.4, 0.5) is 4.39 Å². The van der Waals surface area contributed by atoms with Crippen molar-refractivity contribution in [1.82, 2.24) is 4.90 Å². The Morgan fingerprint density at radius 2 is 1.84 bits per heavy atom. The van der Waals surface area contributed by atoms with Gasteiger partial charge in [-0.2, -0.15) is 0 Å². The van der Waals surface area contributed by atoms with E-state index in [0.29, 0.717) is 22.3 Å². The Hall–Kier alpha value is -3.60. The lowest BCUT2D eigenvalue weighted by Crippen LogP contribution is -2.73. The fraction of sp³-hybridized carbons (Fsp3) is 0.393. The number of aryl methyl sites for hydroxylation is 1. The summed E-state index contributed by atoms with van der Waals surface area (Å²) in [6.45, 7) is 1.62. The highest BCUT2D eigenvalue weighted by Crippen LogP contribution is 2.53. The highest BCUT2D eigenvalue weighted by Gasteiger charge is 2.67. The van der Waals surface area contributed by atoms with E-state index in [9.17, 15) is 39.2 Å². The van der Waals surface area contributed by atoms with Crippen LogP contribution in [0.15, 0.2) is 35.9 Å². The fourth-order valence-corrected chi connectivity index (χ4v) is 6.69. The first kappa shape index (κ1) is 26.0.